The zero-order valence-corrected chi connectivity index (χ0v) is 20.8. The van der Waals surface area contributed by atoms with E-state index in [-0.39, 0.29) is 4.90 Å². The molecule has 10 heteroatoms. The van der Waals surface area contributed by atoms with Gasteiger partial charge in [-0.1, -0.05) is 58.6 Å². The van der Waals surface area contributed by atoms with Crippen molar-refractivity contribution >= 4 is 62.6 Å². The lowest BCUT2D eigenvalue weighted by atomic mass is 10.2. The van der Waals surface area contributed by atoms with Crippen LogP contribution in [0, 0.1) is 13.8 Å². The lowest BCUT2D eigenvalue weighted by molar-refractivity contribution is -0.119. The molecule has 0 aliphatic carbocycles. The van der Waals surface area contributed by atoms with Gasteiger partial charge in [0.1, 0.15) is 6.54 Å². The van der Waals surface area contributed by atoms with E-state index < -0.39 is 22.5 Å². The number of halogens is 3. The number of aryl methyl sites for hydroxylation is 2. The summed E-state index contributed by atoms with van der Waals surface area (Å²) in [6.07, 6.45) is 1.35. The quantitative estimate of drug-likeness (QED) is 0.322. The summed E-state index contributed by atoms with van der Waals surface area (Å²) >= 11 is 18.0. The van der Waals surface area contributed by atoms with Crippen LogP contribution < -0.4 is 9.73 Å². The van der Waals surface area contributed by atoms with Gasteiger partial charge in [0.25, 0.3) is 15.9 Å². The van der Waals surface area contributed by atoms with Gasteiger partial charge in [0.15, 0.2) is 0 Å². The molecule has 0 atom stereocenters. The van der Waals surface area contributed by atoms with E-state index in [0.29, 0.717) is 31.9 Å². The van der Waals surface area contributed by atoms with Crippen LogP contribution in [0.5, 0.6) is 0 Å². The monoisotopic (exact) mass is 523 g/mol. The first-order valence-corrected chi connectivity index (χ1v) is 12.3. The Morgan fingerprint density at radius 1 is 0.970 bits per heavy atom. The molecule has 3 rings (SSSR count). The van der Waals surface area contributed by atoms with Crippen molar-refractivity contribution in [2.24, 2.45) is 5.10 Å². The van der Waals surface area contributed by atoms with Crippen molar-refractivity contribution in [1.29, 1.82) is 0 Å². The van der Waals surface area contributed by atoms with Crippen LogP contribution in [0.2, 0.25) is 15.1 Å². The minimum absolute atomic E-state index is 0.0618. The van der Waals surface area contributed by atoms with Crippen LogP contribution in [0.1, 0.15) is 16.7 Å². The number of amides is 1. The highest BCUT2D eigenvalue weighted by atomic mass is 35.5. The third-order valence-electron chi connectivity index (χ3n) is 4.68. The fourth-order valence-corrected chi connectivity index (χ4v) is 5.15. The maximum absolute atomic E-state index is 13.4. The smallest absolute Gasteiger partial charge is 0.264 e. The second-order valence-electron chi connectivity index (χ2n) is 7.21. The number of rotatable bonds is 7. The number of sulfonamides is 1. The summed E-state index contributed by atoms with van der Waals surface area (Å²) in [5, 5.41) is 5.17. The van der Waals surface area contributed by atoms with Crippen LogP contribution in [-0.2, 0) is 14.8 Å². The van der Waals surface area contributed by atoms with E-state index >= 15 is 0 Å². The Morgan fingerprint density at radius 2 is 1.61 bits per heavy atom. The molecule has 0 aliphatic heterocycles. The number of anilines is 1. The summed E-state index contributed by atoms with van der Waals surface area (Å²) < 4.78 is 27.9. The molecule has 3 aromatic rings. The van der Waals surface area contributed by atoms with Gasteiger partial charge in [-0.05, 0) is 61.9 Å². The molecule has 172 valence electrons. The van der Waals surface area contributed by atoms with Crippen molar-refractivity contribution in [3.8, 4) is 0 Å². The van der Waals surface area contributed by atoms with Crippen LogP contribution in [0.15, 0.2) is 70.7 Å². The summed E-state index contributed by atoms with van der Waals surface area (Å²) in [6, 6.07) is 16.0. The molecule has 0 saturated heterocycles. The van der Waals surface area contributed by atoms with Gasteiger partial charge in [0.2, 0.25) is 0 Å². The third-order valence-corrected chi connectivity index (χ3v) is 7.25. The lowest BCUT2D eigenvalue weighted by Crippen LogP contribution is -2.40. The molecule has 0 bridgehead atoms. The summed E-state index contributed by atoms with van der Waals surface area (Å²) in [6.45, 7) is 3.08. The summed E-state index contributed by atoms with van der Waals surface area (Å²) in [4.78, 5) is 12.7. The molecular formula is C23H20Cl3N3O3S. The van der Waals surface area contributed by atoms with E-state index in [1.54, 1.807) is 55.5 Å². The predicted octanol–water partition coefficient (Wildman–Crippen LogP) is 5.61. The minimum Gasteiger partial charge on any atom is -0.271 e. The second kappa shape index (κ2) is 10.6. The van der Waals surface area contributed by atoms with E-state index in [1.165, 1.54) is 18.3 Å². The molecule has 0 heterocycles. The molecule has 0 aliphatic rings. The number of hydrogen-bond donors (Lipinski definition) is 1. The highest BCUT2D eigenvalue weighted by Crippen LogP contribution is 2.29. The summed E-state index contributed by atoms with van der Waals surface area (Å²) in [7, 11) is -4.05. The fourth-order valence-electron chi connectivity index (χ4n) is 2.98. The molecule has 0 radical (unpaired) electrons. The van der Waals surface area contributed by atoms with Gasteiger partial charge < -0.3 is 0 Å². The molecular weight excluding hydrogens is 505 g/mol. The molecule has 0 unspecified atom stereocenters. The second-order valence-corrected chi connectivity index (χ2v) is 10.4. The largest absolute Gasteiger partial charge is 0.271 e. The molecule has 1 amide bonds. The van der Waals surface area contributed by atoms with Gasteiger partial charge in [-0.25, -0.2) is 13.8 Å². The van der Waals surface area contributed by atoms with Gasteiger partial charge in [-0.2, -0.15) is 5.10 Å². The van der Waals surface area contributed by atoms with Gasteiger partial charge in [0.05, 0.1) is 21.8 Å². The average molecular weight is 525 g/mol. The van der Waals surface area contributed by atoms with Crippen LogP contribution in [-0.4, -0.2) is 27.1 Å². The minimum atomic E-state index is -4.05. The number of nitrogens with one attached hydrogen (secondary N) is 1. The van der Waals surface area contributed by atoms with Crippen LogP contribution in [0.4, 0.5) is 5.69 Å². The lowest BCUT2D eigenvalue weighted by Gasteiger charge is -2.25. The highest BCUT2D eigenvalue weighted by molar-refractivity contribution is 7.92. The molecule has 1 N–H and O–H groups in total. The summed E-state index contributed by atoms with van der Waals surface area (Å²) in [5.41, 5.74) is 4.73. The van der Waals surface area contributed by atoms with Crippen molar-refractivity contribution in [3.63, 3.8) is 0 Å². The maximum atomic E-state index is 13.4. The SMILES string of the molecule is Cc1ccc(S(=O)(=O)N(CC(=O)N/N=C\c2ccc(Cl)cc2Cl)c2ccc(Cl)cc2C)cc1. The first-order valence-electron chi connectivity index (χ1n) is 9.70. The van der Waals surface area contributed by atoms with E-state index in [4.69, 9.17) is 34.8 Å². The molecule has 0 saturated carbocycles. The first-order chi connectivity index (χ1) is 15.6. The highest BCUT2D eigenvalue weighted by Gasteiger charge is 2.28. The van der Waals surface area contributed by atoms with Crippen molar-refractivity contribution in [1.82, 2.24) is 5.43 Å². The molecule has 3 aromatic carbocycles. The van der Waals surface area contributed by atoms with Crippen LogP contribution >= 0.6 is 34.8 Å². The Kier molecular flexibility index (Phi) is 8.02. The predicted molar refractivity (Wildman–Crippen MR) is 134 cm³/mol. The Bertz CT molecular complexity index is 1310. The van der Waals surface area contributed by atoms with Crippen LogP contribution in [0.25, 0.3) is 0 Å². The molecule has 33 heavy (non-hydrogen) atoms. The van der Waals surface area contributed by atoms with E-state index in [2.05, 4.69) is 10.5 Å². The average Bonchev–Trinajstić information content (AvgIpc) is 2.74. The number of nitrogens with zero attached hydrogens (tertiary/aromatic N) is 2. The zero-order valence-electron chi connectivity index (χ0n) is 17.7. The number of carbonyl (C=O) groups is 1. The maximum Gasteiger partial charge on any atom is 0.264 e. The van der Waals surface area contributed by atoms with Crippen molar-refractivity contribution in [3.05, 3.63) is 92.4 Å². The zero-order chi connectivity index (χ0) is 24.2. The topological polar surface area (TPSA) is 78.8 Å². The third kappa shape index (κ3) is 6.26. The number of hydrogen-bond acceptors (Lipinski definition) is 4. The number of hydrazone groups is 1. The normalized spacial score (nSPS) is 11.5. The Hall–Kier alpha value is -2.58. The molecule has 0 aromatic heterocycles. The van der Waals surface area contributed by atoms with Crippen molar-refractivity contribution < 1.29 is 13.2 Å². The molecule has 6 nitrogen and oxygen atoms in total. The van der Waals surface area contributed by atoms with Gasteiger partial charge >= 0.3 is 0 Å². The molecule has 0 spiro atoms. The van der Waals surface area contributed by atoms with Crippen molar-refractivity contribution in [2.45, 2.75) is 18.7 Å². The first kappa shape index (κ1) is 25.1. The van der Waals surface area contributed by atoms with Crippen LogP contribution in [0.3, 0.4) is 0 Å². The Morgan fingerprint density at radius 3 is 2.24 bits per heavy atom. The number of benzene rings is 3. The molecule has 0 fully saturated rings. The van der Waals surface area contributed by atoms with Gasteiger partial charge in [0, 0.05) is 15.6 Å². The van der Waals surface area contributed by atoms with Gasteiger partial charge in [-0.15, -0.1) is 0 Å². The van der Waals surface area contributed by atoms with Gasteiger partial charge in [-0.3, -0.25) is 9.10 Å². The van der Waals surface area contributed by atoms with Crippen molar-refractivity contribution in [2.75, 3.05) is 10.8 Å². The fraction of sp³-hybridized carbons (Fsp3) is 0.130. The Balaban J connectivity index is 1.88. The number of carbonyl (C=O) groups excluding carboxylic acids is 1. The van der Waals surface area contributed by atoms with E-state index in [0.717, 1.165) is 9.87 Å². The van der Waals surface area contributed by atoms with E-state index in [1.807, 2.05) is 6.92 Å². The summed E-state index contributed by atoms with van der Waals surface area (Å²) in [5.74, 6) is -0.638. The Labute approximate surface area is 207 Å². The standard InChI is InChI=1S/C23H20Cl3N3O3S/c1-15-3-8-20(9-4-15)33(31,32)29(22-10-7-18(24)11-16(22)2)14-23(30)28-27-13-17-5-6-19(25)12-21(17)26/h3-13H,14H2,1-2H3,(H,28,30)/b27-13-. The van der Waals surface area contributed by atoms with E-state index in [9.17, 15) is 13.2 Å².